The molecule has 1 fully saturated rings. The molecule has 0 bridgehead atoms. The van der Waals surface area contributed by atoms with Crippen molar-refractivity contribution in [3.05, 3.63) is 29.8 Å². The van der Waals surface area contributed by atoms with E-state index in [1.54, 1.807) is 12.1 Å². The molecule has 1 aliphatic heterocycles. The van der Waals surface area contributed by atoms with Crippen LogP contribution in [0.2, 0.25) is 0 Å². The number of benzene rings is 1. The average Bonchev–Trinajstić information content (AvgIpc) is 2.85. The minimum absolute atomic E-state index is 0.0649. The summed E-state index contributed by atoms with van der Waals surface area (Å²) in [5.74, 6) is 0.678. The maximum absolute atomic E-state index is 11.9. The molecule has 1 amide bonds. The van der Waals surface area contributed by atoms with Crippen molar-refractivity contribution < 1.29 is 9.90 Å². The molecule has 0 spiro atoms. The van der Waals surface area contributed by atoms with E-state index >= 15 is 0 Å². The van der Waals surface area contributed by atoms with Crippen LogP contribution in [0.5, 0.6) is 5.75 Å². The molecule has 98 valence electrons. The normalized spacial score (nSPS) is 19.9. The van der Waals surface area contributed by atoms with Crippen LogP contribution in [0.3, 0.4) is 0 Å². The monoisotopic (exact) mass is 248 g/mol. The number of phenolic OH excluding ortho intramolecular Hbond substituents is 1. The van der Waals surface area contributed by atoms with Crippen LogP contribution < -0.4 is 5.32 Å². The molecule has 4 heteroatoms. The number of hydrogen-bond acceptors (Lipinski definition) is 3. The number of rotatable bonds is 4. The van der Waals surface area contributed by atoms with Gasteiger partial charge < -0.3 is 15.3 Å². The highest BCUT2D eigenvalue weighted by molar-refractivity contribution is 5.94. The zero-order chi connectivity index (χ0) is 13.0. The molecule has 1 unspecified atom stereocenters. The van der Waals surface area contributed by atoms with Gasteiger partial charge in [-0.3, -0.25) is 4.79 Å². The van der Waals surface area contributed by atoms with E-state index < -0.39 is 0 Å². The largest absolute Gasteiger partial charge is 0.508 e. The molecule has 18 heavy (non-hydrogen) atoms. The van der Waals surface area contributed by atoms with Crippen LogP contribution in [0.15, 0.2) is 24.3 Å². The van der Waals surface area contributed by atoms with Gasteiger partial charge in [-0.25, -0.2) is 0 Å². The third kappa shape index (κ3) is 3.23. The van der Waals surface area contributed by atoms with E-state index in [-0.39, 0.29) is 11.7 Å². The van der Waals surface area contributed by atoms with E-state index in [2.05, 4.69) is 17.1 Å². The van der Waals surface area contributed by atoms with Crippen molar-refractivity contribution in [3.63, 3.8) is 0 Å². The fourth-order valence-corrected chi connectivity index (χ4v) is 2.32. The third-order valence-corrected chi connectivity index (χ3v) is 3.50. The molecule has 1 atom stereocenters. The van der Waals surface area contributed by atoms with Gasteiger partial charge in [0.15, 0.2) is 0 Å². The van der Waals surface area contributed by atoms with Crippen molar-refractivity contribution in [2.45, 2.75) is 13.3 Å². The lowest BCUT2D eigenvalue weighted by Gasteiger charge is -2.13. The van der Waals surface area contributed by atoms with Crippen LogP contribution in [0, 0.1) is 5.92 Å². The van der Waals surface area contributed by atoms with Crippen molar-refractivity contribution >= 4 is 5.91 Å². The fourth-order valence-electron chi connectivity index (χ4n) is 2.32. The van der Waals surface area contributed by atoms with Gasteiger partial charge in [-0.1, -0.05) is 6.92 Å². The Labute approximate surface area is 108 Å². The predicted molar refractivity (Wildman–Crippen MR) is 70.7 cm³/mol. The summed E-state index contributed by atoms with van der Waals surface area (Å²) in [6.07, 6.45) is 1.16. The Bertz CT molecular complexity index is 403. The van der Waals surface area contributed by atoms with Crippen LogP contribution in [-0.2, 0) is 0 Å². The maximum atomic E-state index is 11.9. The Kier molecular flexibility index (Phi) is 4.20. The molecule has 1 aromatic rings. The van der Waals surface area contributed by atoms with Gasteiger partial charge in [0.2, 0.25) is 0 Å². The van der Waals surface area contributed by atoms with E-state index in [0.29, 0.717) is 11.5 Å². The highest BCUT2D eigenvalue weighted by Gasteiger charge is 2.21. The number of nitrogens with one attached hydrogen (secondary N) is 1. The van der Waals surface area contributed by atoms with Gasteiger partial charge in [0, 0.05) is 18.7 Å². The Morgan fingerprint density at radius 1 is 1.44 bits per heavy atom. The van der Waals surface area contributed by atoms with Gasteiger partial charge in [0.05, 0.1) is 0 Å². The Balaban J connectivity index is 1.80. The van der Waals surface area contributed by atoms with Gasteiger partial charge >= 0.3 is 0 Å². The first kappa shape index (κ1) is 12.9. The number of amides is 1. The quantitative estimate of drug-likeness (QED) is 0.848. The van der Waals surface area contributed by atoms with Crippen molar-refractivity contribution in [1.29, 1.82) is 0 Å². The van der Waals surface area contributed by atoms with Crippen molar-refractivity contribution in [1.82, 2.24) is 10.2 Å². The molecule has 2 rings (SSSR count). The fraction of sp³-hybridized carbons (Fsp3) is 0.500. The van der Waals surface area contributed by atoms with Gasteiger partial charge in [-0.15, -0.1) is 0 Å². The van der Waals surface area contributed by atoms with E-state index in [1.165, 1.54) is 12.1 Å². The molecule has 1 saturated heterocycles. The van der Waals surface area contributed by atoms with Crippen molar-refractivity contribution in [3.8, 4) is 5.75 Å². The van der Waals surface area contributed by atoms with Gasteiger partial charge in [-0.2, -0.15) is 0 Å². The Hall–Kier alpha value is -1.55. The van der Waals surface area contributed by atoms with Crippen molar-refractivity contribution in [2.24, 2.45) is 5.92 Å². The summed E-state index contributed by atoms with van der Waals surface area (Å²) in [4.78, 5) is 14.3. The van der Waals surface area contributed by atoms with E-state index in [9.17, 15) is 4.79 Å². The third-order valence-electron chi connectivity index (χ3n) is 3.50. The Morgan fingerprint density at radius 3 is 2.78 bits per heavy atom. The molecule has 4 nitrogen and oxygen atoms in total. The van der Waals surface area contributed by atoms with Crippen LogP contribution in [0.25, 0.3) is 0 Å². The summed E-state index contributed by atoms with van der Waals surface area (Å²) < 4.78 is 0. The SMILES string of the molecule is CCN1CCC(CNC(=O)c2ccc(O)cc2)C1. The van der Waals surface area contributed by atoms with Crippen LogP contribution >= 0.6 is 0 Å². The standard InChI is InChI=1S/C14H20N2O2/c1-2-16-8-7-11(10-16)9-15-14(18)12-3-5-13(17)6-4-12/h3-6,11,17H,2,7-10H2,1H3,(H,15,18). The lowest BCUT2D eigenvalue weighted by atomic mass is 10.1. The summed E-state index contributed by atoms with van der Waals surface area (Å²) in [6.45, 7) is 6.19. The predicted octanol–water partition coefficient (Wildman–Crippen LogP) is 1.46. The number of carbonyl (C=O) groups excluding carboxylic acids is 1. The average molecular weight is 248 g/mol. The first-order valence-corrected chi connectivity index (χ1v) is 6.48. The number of phenols is 1. The highest BCUT2D eigenvalue weighted by atomic mass is 16.3. The molecule has 1 heterocycles. The number of nitrogens with zero attached hydrogens (tertiary/aromatic N) is 1. The first-order chi connectivity index (χ1) is 8.69. The molecule has 0 saturated carbocycles. The number of hydrogen-bond donors (Lipinski definition) is 2. The second kappa shape index (κ2) is 5.87. The summed E-state index contributed by atoms with van der Waals surface area (Å²) in [5.41, 5.74) is 0.596. The highest BCUT2D eigenvalue weighted by Crippen LogP contribution is 2.15. The lowest BCUT2D eigenvalue weighted by Crippen LogP contribution is -2.30. The second-order valence-corrected chi connectivity index (χ2v) is 4.80. The van der Waals surface area contributed by atoms with Gasteiger partial charge in [0.1, 0.15) is 5.75 Å². The zero-order valence-electron chi connectivity index (χ0n) is 10.7. The van der Waals surface area contributed by atoms with E-state index in [1.807, 2.05) is 0 Å². The molecule has 2 N–H and O–H groups in total. The number of carbonyl (C=O) groups is 1. The minimum atomic E-state index is -0.0649. The van der Waals surface area contributed by atoms with Crippen LogP contribution in [-0.4, -0.2) is 42.1 Å². The summed E-state index contributed by atoms with van der Waals surface area (Å²) in [7, 11) is 0. The summed E-state index contributed by atoms with van der Waals surface area (Å²) in [6, 6.07) is 6.34. The van der Waals surface area contributed by atoms with Crippen LogP contribution in [0.1, 0.15) is 23.7 Å². The number of aromatic hydroxyl groups is 1. The molecule has 1 aromatic carbocycles. The van der Waals surface area contributed by atoms with Crippen molar-refractivity contribution in [2.75, 3.05) is 26.2 Å². The topological polar surface area (TPSA) is 52.6 Å². The second-order valence-electron chi connectivity index (χ2n) is 4.80. The summed E-state index contributed by atoms with van der Waals surface area (Å²) in [5, 5.41) is 12.1. The molecular formula is C14H20N2O2. The minimum Gasteiger partial charge on any atom is -0.508 e. The maximum Gasteiger partial charge on any atom is 0.251 e. The number of likely N-dealkylation sites (tertiary alicyclic amines) is 1. The Morgan fingerprint density at radius 2 is 2.17 bits per heavy atom. The molecular weight excluding hydrogens is 228 g/mol. The zero-order valence-corrected chi connectivity index (χ0v) is 10.7. The van der Waals surface area contributed by atoms with Crippen LogP contribution in [0.4, 0.5) is 0 Å². The molecule has 0 aliphatic carbocycles. The van der Waals surface area contributed by atoms with Gasteiger partial charge in [0.25, 0.3) is 5.91 Å². The smallest absolute Gasteiger partial charge is 0.251 e. The summed E-state index contributed by atoms with van der Waals surface area (Å²) >= 11 is 0. The lowest BCUT2D eigenvalue weighted by molar-refractivity contribution is 0.0947. The van der Waals surface area contributed by atoms with Gasteiger partial charge in [-0.05, 0) is 49.7 Å². The molecule has 1 aliphatic rings. The van der Waals surface area contributed by atoms with E-state index in [4.69, 9.17) is 5.11 Å². The molecule has 0 radical (unpaired) electrons. The first-order valence-electron chi connectivity index (χ1n) is 6.48. The molecule has 0 aromatic heterocycles. The van der Waals surface area contributed by atoms with E-state index in [0.717, 1.165) is 32.6 Å².